The molecule has 2 aromatic carbocycles. The van der Waals surface area contributed by atoms with Gasteiger partial charge in [0.25, 0.3) is 0 Å². The Morgan fingerprint density at radius 2 is 1.93 bits per heavy atom. The molecular formula is C22H26N5OS2-. The van der Waals surface area contributed by atoms with Crippen molar-refractivity contribution in [2.45, 2.75) is 30.1 Å². The number of nitrogens with one attached hydrogen (secondary N) is 1. The number of aryl methyl sites for hydroxylation is 1. The molecule has 0 radical (unpaired) electrons. The minimum absolute atomic E-state index is 0.232. The van der Waals surface area contributed by atoms with Crippen LogP contribution in [0.2, 0.25) is 0 Å². The van der Waals surface area contributed by atoms with E-state index in [4.69, 9.17) is 5.73 Å². The lowest BCUT2D eigenvalue weighted by Gasteiger charge is -2.12. The molecule has 0 aliphatic carbocycles. The lowest BCUT2D eigenvalue weighted by atomic mass is 10.0. The number of nitrogens with two attached hydrogens (primary N) is 1. The van der Waals surface area contributed by atoms with Crippen molar-refractivity contribution in [3.05, 3.63) is 59.7 Å². The third kappa shape index (κ3) is 5.52. The maximum Gasteiger partial charge on any atom is 0.222 e. The number of aromatic nitrogens is 2. The molecule has 0 saturated carbocycles. The van der Waals surface area contributed by atoms with E-state index >= 15 is 0 Å². The van der Waals surface area contributed by atoms with Gasteiger partial charge in [-0.15, -0.1) is 11.8 Å². The Morgan fingerprint density at radius 1 is 1.13 bits per heavy atom. The summed E-state index contributed by atoms with van der Waals surface area (Å²) in [4.78, 5) is 10.4. The molecule has 6 nitrogen and oxygen atoms in total. The van der Waals surface area contributed by atoms with Gasteiger partial charge in [-0.1, -0.05) is 47.4 Å². The van der Waals surface area contributed by atoms with Gasteiger partial charge in [0.1, 0.15) is 5.82 Å². The molecule has 158 valence electrons. The highest BCUT2D eigenvalue weighted by Gasteiger charge is 2.08. The zero-order valence-electron chi connectivity index (χ0n) is 17.4. The van der Waals surface area contributed by atoms with Gasteiger partial charge in [-0.25, -0.2) is 4.98 Å². The molecule has 3 aromatic rings. The molecule has 1 aromatic heterocycles. The van der Waals surface area contributed by atoms with E-state index in [0.29, 0.717) is 18.9 Å². The van der Waals surface area contributed by atoms with Gasteiger partial charge in [0.15, 0.2) is 0 Å². The fourth-order valence-corrected chi connectivity index (χ4v) is 4.82. The maximum atomic E-state index is 12.4. The average molecular weight is 441 g/mol. The normalized spacial score (nSPS) is 12.1. The standard InChI is InChI=1S/C22H26N5OS2/c1-15-8-6-9-17(16(15)2)18-14-21(27-22(23)26-18)24-12-7-13-25-30(28)20-11-5-4-10-19(20)29-3/h4-6,8-11,14H,7,12-13H2,1-3H3,(H3,23,24,26,27)/q-1. The van der Waals surface area contributed by atoms with Crippen molar-refractivity contribution < 1.29 is 4.21 Å². The van der Waals surface area contributed by atoms with Crippen molar-refractivity contribution in [1.29, 1.82) is 0 Å². The van der Waals surface area contributed by atoms with Crippen LogP contribution in [0.1, 0.15) is 17.5 Å². The fraction of sp³-hybridized carbons (Fsp3) is 0.273. The van der Waals surface area contributed by atoms with E-state index < -0.39 is 10.6 Å². The fourth-order valence-electron chi connectivity index (χ4n) is 3.00. The molecular weight excluding hydrogens is 414 g/mol. The largest absolute Gasteiger partial charge is 0.440 e. The van der Waals surface area contributed by atoms with Gasteiger partial charge in [-0.3, -0.25) is 0 Å². The third-order valence-electron chi connectivity index (χ3n) is 4.73. The highest BCUT2D eigenvalue weighted by atomic mass is 32.2. The number of nitrogens with zero attached hydrogens (tertiary/aromatic N) is 3. The first-order valence-corrected chi connectivity index (χ1v) is 12.0. The number of nitrogen functional groups attached to an aromatic ring is 1. The number of hydrogen-bond donors (Lipinski definition) is 2. The average Bonchev–Trinajstić information content (AvgIpc) is 2.74. The summed E-state index contributed by atoms with van der Waals surface area (Å²) in [6.07, 6.45) is 2.70. The van der Waals surface area contributed by atoms with Gasteiger partial charge in [0, 0.05) is 24.7 Å². The highest BCUT2D eigenvalue weighted by Crippen LogP contribution is 2.26. The van der Waals surface area contributed by atoms with E-state index in [1.807, 2.05) is 48.7 Å². The van der Waals surface area contributed by atoms with Gasteiger partial charge >= 0.3 is 0 Å². The molecule has 1 heterocycles. The van der Waals surface area contributed by atoms with Crippen LogP contribution in [0.15, 0.2) is 62.7 Å². The van der Waals surface area contributed by atoms with Crippen LogP contribution in [0.5, 0.6) is 0 Å². The van der Waals surface area contributed by atoms with Crippen molar-refractivity contribution in [3.8, 4) is 11.3 Å². The summed E-state index contributed by atoms with van der Waals surface area (Å²) < 4.78 is 16.7. The van der Waals surface area contributed by atoms with E-state index in [-0.39, 0.29) is 5.95 Å². The maximum absolute atomic E-state index is 12.4. The van der Waals surface area contributed by atoms with Crippen molar-refractivity contribution in [3.63, 3.8) is 0 Å². The summed E-state index contributed by atoms with van der Waals surface area (Å²) >= 11 is 1.58. The first kappa shape index (κ1) is 22.1. The van der Waals surface area contributed by atoms with Gasteiger partial charge in [0.2, 0.25) is 5.95 Å². The van der Waals surface area contributed by atoms with Gasteiger partial charge in [-0.05, 0) is 42.5 Å². The van der Waals surface area contributed by atoms with Gasteiger partial charge < -0.3 is 19.6 Å². The summed E-state index contributed by atoms with van der Waals surface area (Å²) in [5, 5.41) is 3.27. The van der Waals surface area contributed by atoms with Crippen molar-refractivity contribution in [1.82, 2.24) is 9.97 Å². The predicted molar refractivity (Wildman–Crippen MR) is 126 cm³/mol. The molecule has 0 aliphatic heterocycles. The zero-order chi connectivity index (χ0) is 21.5. The summed E-state index contributed by atoms with van der Waals surface area (Å²) in [5.74, 6) is 0.905. The Morgan fingerprint density at radius 3 is 2.73 bits per heavy atom. The van der Waals surface area contributed by atoms with E-state index in [0.717, 1.165) is 27.5 Å². The van der Waals surface area contributed by atoms with E-state index in [1.165, 1.54) is 11.1 Å². The summed E-state index contributed by atoms with van der Waals surface area (Å²) in [7, 11) is -1.35. The lowest BCUT2D eigenvalue weighted by molar-refractivity contribution is 0.597. The van der Waals surface area contributed by atoms with Crippen LogP contribution in [0.25, 0.3) is 11.3 Å². The molecule has 0 amide bonds. The number of rotatable bonds is 8. The van der Waals surface area contributed by atoms with Crippen LogP contribution >= 0.6 is 11.8 Å². The molecule has 3 rings (SSSR count). The molecule has 0 spiro atoms. The monoisotopic (exact) mass is 440 g/mol. The second kappa shape index (κ2) is 10.4. The minimum atomic E-state index is -1.35. The molecule has 8 heteroatoms. The Kier molecular flexibility index (Phi) is 7.70. The van der Waals surface area contributed by atoms with Crippen LogP contribution < -0.4 is 11.1 Å². The molecule has 0 fully saturated rings. The molecule has 0 saturated heterocycles. The SMILES string of the molecule is CSc1ccccc1[S-](=O)=NCCCNc1cc(-c2cccc(C)c2C)nc(N)n1. The second-order valence-electron chi connectivity index (χ2n) is 6.78. The summed E-state index contributed by atoms with van der Waals surface area (Å²) in [6, 6.07) is 15.7. The number of hydrogen-bond acceptors (Lipinski definition) is 8. The Balaban J connectivity index is 1.62. The topological polar surface area (TPSA) is 93.3 Å². The van der Waals surface area contributed by atoms with Crippen LogP contribution in [-0.2, 0) is 14.8 Å². The van der Waals surface area contributed by atoms with Crippen LogP contribution in [0, 0.1) is 13.8 Å². The van der Waals surface area contributed by atoms with Gasteiger partial charge in [-0.2, -0.15) is 15.6 Å². The Hall–Kier alpha value is -2.58. The van der Waals surface area contributed by atoms with Crippen molar-refractivity contribution in [2.75, 3.05) is 30.4 Å². The van der Waals surface area contributed by atoms with E-state index in [1.54, 1.807) is 11.8 Å². The second-order valence-corrected chi connectivity index (χ2v) is 8.82. The van der Waals surface area contributed by atoms with E-state index in [9.17, 15) is 4.21 Å². The van der Waals surface area contributed by atoms with E-state index in [2.05, 4.69) is 39.6 Å². The number of anilines is 2. The smallest absolute Gasteiger partial charge is 0.222 e. The summed E-state index contributed by atoms with van der Waals surface area (Å²) in [6.45, 7) is 5.29. The quantitative estimate of drug-likeness (QED) is 0.288. The Labute approximate surface area is 183 Å². The first-order valence-electron chi connectivity index (χ1n) is 9.67. The molecule has 0 unspecified atom stereocenters. The highest BCUT2D eigenvalue weighted by molar-refractivity contribution is 7.99. The zero-order valence-corrected chi connectivity index (χ0v) is 19.0. The van der Waals surface area contributed by atoms with Crippen molar-refractivity contribution in [2.24, 2.45) is 4.36 Å². The van der Waals surface area contributed by atoms with Crippen molar-refractivity contribution >= 4 is 34.1 Å². The van der Waals surface area contributed by atoms with Gasteiger partial charge in [0.05, 0.1) is 5.69 Å². The van der Waals surface area contributed by atoms with Crippen LogP contribution in [-0.4, -0.2) is 29.3 Å². The molecule has 3 N–H and O–H groups in total. The molecule has 30 heavy (non-hydrogen) atoms. The third-order valence-corrected chi connectivity index (χ3v) is 6.81. The Bertz CT molecular complexity index is 1110. The predicted octanol–water partition coefficient (Wildman–Crippen LogP) is 5.07. The number of thioether (sulfide) groups is 1. The number of benzene rings is 2. The summed E-state index contributed by atoms with van der Waals surface area (Å²) in [5.41, 5.74) is 10.1. The lowest BCUT2D eigenvalue weighted by Crippen LogP contribution is -2.07. The first-order chi connectivity index (χ1) is 14.5. The molecule has 0 bridgehead atoms. The minimum Gasteiger partial charge on any atom is -0.440 e. The van der Waals surface area contributed by atoms with Crippen LogP contribution in [0.3, 0.4) is 0 Å². The molecule has 0 aliphatic rings. The van der Waals surface area contributed by atoms with Crippen LogP contribution in [0.4, 0.5) is 11.8 Å². The molecule has 0 atom stereocenters.